The number of pyridine rings is 1. The molecule has 2 fully saturated rings. The van der Waals surface area contributed by atoms with E-state index in [1.54, 1.807) is 0 Å². The van der Waals surface area contributed by atoms with Crippen LogP contribution in [0.2, 0.25) is 5.02 Å². The van der Waals surface area contributed by atoms with Crippen LogP contribution < -0.4 is 10.6 Å². The number of piperidine rings is 1. The number of halogens is 1. The predicted octanol–water partition coefficient (Wildman–Crippen LogP) is 2.19. The molecule has 0 aliphatic carbocycles. The van der Waals surface area contributed by atoms with Gasteiger partial charge in [-0.05, 0) is 37.8 Å². The Bertz CT molecular complexity index is 382. The van der Waals surface area contributed by atoms with Gasteiger partial charge < -0.3 is 10.6 Å². The standard InChI is InChI=1S/C12H16ClN3/c13-11-2-1-5-15-12(11)16-9-3-4-10(16)7-8(14)6-9/h1-2,5,8-10H,3-4,6-7,14H2. The van der Waals surface area contributed by atoms with Gasteiger partial charge in [0.1, 0.15) is 5.82 Å². The first-order valence-corrected chi connectivity index (χ1v) is 6.28. The molecule has 0 amide bonds. The van der Waals surface area contributed by atoms with E-state index in [1.807, 2.05) is 18.3 Å². The number of hydrogen-bond acceptors (Lipinski definition) is 3. The normalized spacial score (nSPS) is 33.1. The summed E-state index contributed by atoms with van der Waals surface area (Å²) in [6, 6.07) is 5.24. The fourth-order valence-electron chi connectivity index (χ4n) is 3.13. The van der Waals surface area contributed by atoms with Gasteiger partial charge in [0.2, 0.25) is 0 Å². The smallest absolute Gasteiger partial charge is 0.147 e. The van der Waals surface area contributed by atoms with E-state index in [4.69, 9.17) is 17.3 Å². The first-order chi connectivity index (χ1) is 7.75. The number of anilines is 1. The van der Waals surface area contributed by atoms with Gasteiger partial charge in [0.15, 0.2) is 0 Å². The van der Waals surface area contributed by atoms with E-state index in [0.717, 1.165) is 23.7 Å². The number of aromatic nitrogens is 1. The molecule has 2 N–H and O–H groups in total. The Balaban J connectivity index is 1.94. The topological polar surface area (TPSA) is 42.1 Å². The van der Waals surface area contributed by atoms with Crippen molar-refractivity contribution < 1.29 is 0 Å². The summed E-state index contributed by atoms with van der Waals surface area (Å²) in [7, 11) is 0. The van der Waals surface area contributed by atoms with Gasteiger partial charge in [-0.3, -0.25) is 0 Å². The van der Waals surface area contributed by atoms with Crippen molar-refractivity contribution in [2.24, 2.45) is 5.73 Å². The quantitative estimate of drug-likeness (QED) is 0.814. The summed E-state index contributed by atoms with van der Waals surface area (Å²) < 4.78 is 0. The van der Waals surface area contributed by atoms with E-state index in [9.17, 15) is 0 Å². The number of rotatable bonds is 1. The van der Waals surface area contributed by atoms with Gasteiger partial charge in [-0.1, -0.05) is 11.6 Å². The van der Waals surface area contributed by atoms with E-state index in [2.05, 4.69) is 9.88 Å². The maximum absolute atomic E-state index is 6.22. The van der Waals surface area contributed by atoms with E-state index < -0.39 is 0 Å². The molecule has 3 nitrogen and oxygen atoms in total. The van der Waals surface area contributed by atoms with E-state index in [-0.39, 0.29) is 0 Å². The Morgan fingerprint density at radius 2 is 2.00 bits per heavy atom. The maximum Gasteiger partial charge on any atom is 0.147 e. The Morgan fingerprint density at radius 3 is 2.62 bits per heavy atom. The maximum atomic E-state index is 6.22. The van der Waals surface area contributed by atoms with Gasteiger partial charge in [-0.15, -0.1) is 0 Å². The summed E-state index contributed by atoms with van der Waals surface area (Å²) in [6.07, 6.45) is 6.42. The van der Waals surface area contributed by atoms with Crippen LogP contribution in [0.5, 0.6) is 0 Å². The number of fused-ring (bicyclic) bond motifs is 2. The molecule has 1 aromatic rings. The molecule has 3 heterocycles. The van der Waals surface area contributed by atoms with Crippen molar-refractivity contribution in [3.05, 3.63) is 23.4 Å². The van der Waals surface area contributed by atoms with Crippen LogP contribution in [-0.4, -0.2) is 23.1 Å². The van der Waals surface area contributed by atoms with Crippen LogP contribution in [-0.2, 0) is 0 Å². The molecule has 3 rings (SSSR count). The zero-order valence-corrected chi connectivity index (χ0v) is 9.90. The average molecular weight is 238 g/mol. The van der Waals surface area contributed by atoms with E-state index >= 15 is 0 Å². The summed E-state index contributed by atoms with van der Waals surface area (Å²) in [5.74, 6) is 0.948. The molecule has 4 heteroatoms. The highest BCUT2D eigenvalue weighted by molar-refractivity contribution is 6.32. The van der Waals surface area contributed by atoms with Crippen molar-refractivity contribution in [3.63, 3.8) is 0 Å². The molecule has 86 valence electrons. The zero-order valence-electron chi connectivity index (χ0n) is 9.14. The molecule has 2 aliphatic rings. The van der Waals surface area contributed by atoms with Crippen LogP contribution in [0.1, 0.15) is 25.7 Å². The molecule has 2 saturated heterocycles. The lowest BCUT2D eigenvalue weighted by molar-refractivity contribution is 0.412. The molecule has 2 atom stereocenters. The molecule has 2 unspecified atom stereocenters. The van der Waals surface area contributed by atoms with Crippen molar-refractivity contribution in [3.8, 4) is 0 Å². The minimum atomic E-state index is 0.358. The Kier molecular flexibility index (Phi) is 2.52. The molecule has 0 radical (unpaired) electrons. The third kappa shape index (κ3) is 1.59. The van der Waals surface area contributed by atoms with E-state index in [0.29, 0.717) is 18.1 Å². The Hall–Kier alpha value is -0.800. The van der Waals surface area contributed by atoms with Gasteiger partial charge in [0.25, 0.3) is 0 Å². The lowest BCUT2D eigenvalue weighted by atomic mass is 9.98. The second-order valence-electron chi connectivity index (χ2n) is 4.83. The molecule has 0 spiro atoms. The number of nitrogens with zero attached hydrogens (tertiary/aromatic N) is 2. The van der Waals surface area contributed by atoms with Crippen molar-refractivity contribution in [2.45, 2.75) is 43.8 Å². The van der Waals surface area contributed by atoms with Gasteiger partial charge in [-0.25, -0.2) is 4.98 Å². The van der Waals surface area contributed by atoms with Crippen molar-refractivity contribution >= 4 is 17.4 Å². The number of hydrogen-bond donors (Lipinski definition) is 1. The molecule has 0 saturated carbocycles. The summed E-state index contributed by atoms with van der Waals surface area (Å²) >= 11 is 6.22. The van der Waals surface area contributed by atoms with Gasteiger partial charge in [0.05, 0.1) is 5.02 Å². The van der Waals surface area contributed by atoms with Gasteiger partial charge in [0, 0.05) is 24.3 Å². The lowest BCUT2D eigenvalue weighted by Gasteiger charge is -2.38. The van der Waals surface area contributed by atoms with Crippen LogP contribution in [0, 0.1) is 0 Å². The molecule has 2 aliphatic heterocycles. The van der Waals surface area contributed by atoms with Crippen molar-refractivity contribution in [1.82, 2.24) is 4.98 Å². The van der Waals surface area contributed by atoms with Crippen LogP contribution in [0.15, 0.2) is 18.3 Å². The fourth-order valence-corrected chi connectivity index (χ4v) is 3.35. The summed E-state index contributed by atoms with van der Waals surface area (Å²) in [6.45, 7) is 0. The summed E-state index contributed by atoms with van der Waals surface area (Å²) in [5.41, 5.74) is 6.05. The van der Waals surface area contributed by atoms with Crippen LogP contribution in [0.25, 0.3) is 0 Å². The van der Waals surface area contributed by atoms with Crippen LogP contribution in [0.4, 0.5) is 5.82 Å². The average Bonchev–Trinajstić information content (AvgIpc) is 2.53. The molecule has 2 bridgehead atoms. The second kappa shape index (κ2) is 3.90. The van der Waals surface area contributed by atoms with Crippen LogP contribution in [0.3, 0.4) is 0 Å². The largest absolute Gasteiger partial charge is 0.349 e. The molecular formula is C12H16ClN3. The molecular weight excluding hydrogens is 222 g/mol. The second-order valence-corrected chi connectivity index (χ2v) is 5.24. The summed E-state index contributed by atoms with van der Waals surface area (Å²) in [5, 5.41) is 0.759. The van der Waals surface area contributed by atoms with Gasteiger partial charge >= 0.3 is 0 Å². The first kappa shape index (κ1) is 10.4. The Labute approximate surface area is 101 Å². The van der Waals surface area contributed by atoms with E-state index in [1.165, 1.54) is 12.8 Å². The Morgan fingerprint density at radius 1 is 1.31 bits per heavy atom. The monoisotopic (exact) mass is 237 g/mol. The van der Waals surface area contributed by atoms with Crippen molar-refractivity contribution in [1.29, 1.82) is 0 Å². The highest BCUT2D eigenvalue weighted by Crippen LogP contribution is 2.40. The SMILES string of the molecule is NC1CC2CCC(C1)N2c1ncccc1Cl. The predicted molar refractivity (Wildman–Crippen MR) is 65.7 cm³/mol. The molecule has 0 aromatic carbocycles. The first-order valence-electron chi connectivity index (χ1n) is 5.90. The molecule has 16 heavy (non-hydrogen) atoms. The summed E-state index contributed by atoms with van der Waals surface area (Å²) in [4.78, 5) is 6.82. The third-order valence-corrected chi connectivity index (χ3v) is 4.05. The van der Waals surface area contributed by atoms with Crippen LogP contribution >= 0.6 is 11.6 Å². The fraction of sp³-hybridized carbons (Fsp3) is 0.583. The number of nitrogens with two attached hydrogens (primary N) is 1. The lowest BCUT2D eigenvalue weighted by Crippen LogP contribution is -2.48. The minimum Gasteiger partial charge on any atom is -0.349 e. The van der Waals surface area contributed by atoms with Crippen molar-refractivity contribution in [2.75, 3.05) is 4.90 Å². The zero-order chi connectivity index (χ0) is 11.1. The molecule has 1 aromatic heterocycles. The minimum absolute atomic E-state index is 0.358. The third-order valence-electron chi connectivity index (χ3n) is 3.75. The highest BCUT2D eigenvalue weighted by atomic mass is 35.5. The van der Waals surface area contributed by atoms with Gasteiger partial charge in [-0.2, -0.15) is 0 Å². The highest BCUT2D eigenvalue weighted by Gasteiger charge is 2.40.